The first-order valence-electron chi connectivity index (χ1n) is 7.98. The van der Waals surface area contributed by atoms with Crippen LogP contribution in [0.4, 0.5) is 5.69 Å². The highest BCUT2D eigenvalue weighted by molar-refractivity contribution is 7.89. The van der Waals surface area contributed by atoms with Gasteiger partial charge in [-0.25, -0.2) is 8.42 Å². The van der Waals surface area contributed by atoms with Crippen LogP contribution in [0.1, 0.15) is 38.2 Å². The molecule has 5 heteroatoms. The Hall–Kier alpha value is -1.07. The van der Waals surface area contributed by atoms with Gasteiger partial charge >= 0.3 is 0 Å². The smallest absolute Gasteiger partial charge is 0.243 e. The lowest BCUT2D eigenvalue weighted by Gasteiger charge is -2.31. The first-order valence-corrected chi connectivity index (χ1v) is 9.42. The molecular formula is C16H24N2O2S. The maximum Gasteiger partial charge on any atom is 0.243 e. The van der Waals surface area contributed by atoms with Gasteiger partial charge in [-0.05, 0) is 48.9 Å². The molecular weight excluding hydrogens is 284 g/mol. The molecule has 4 nitrogen and oxygen atoms in total. The molecule has 1 aromatic rings. The van der Waals surface area contributed by atoms with E-state index in [0.29, 0.717) is 23.9 Å². The van der Waals surface area contributed by atoms with Crippen LogP contribution in [0.3, 0.4) is 0 Å². The Morgan fingerprint density at radius 1 is 1.29 bits per heavy atom. The van der Waals surface area contributed by atoms with Crippen LogP contribution in [0, 0.1) is 5.92 Å². The molecule has 1 N–H and O–H groups in total. The van der Waals surface area contributed by atoms with Crippen molar-refractivity contribution in [2.45, 2.75) is 43.9 Å². The second-order valence-corrected chi connectivity index (χ2v) is 8.07. The molecule has 0 aromatic heterocycles. The minimum atomic E-state index is -3.32. The topological polar surface area (TPSA) is 49.4 Å². The van der Waals surface area contributed by atoms with E-state index < -0.39 is 10.0 Å². The van der Waals surface area contributed by atoms with Gasteiger partial charge in [0.05, 0.1) is 4.90 Å². The number of nitrogens with one attached hydrogen (secondary N) is 1. The van der Waals surface area contributed by atoms with Crippen LogP contribution in [0.15, 0.2) is 23.1 Å². The average molecular weight is 308 g/mol. The Morgan fingerprint density at radius 2 is 2.05 bits per heavy atom. The van der Waals surface area contributed by atoms with Crippen molar-refractivity contribution >= 4 is 15.7 Å². The zero-order valence-corrected chi connectivity index (χ0v) is 13.5. The lowest BCUT2D eigenvalue weighted by atomic mass is 9.94. The SMILES string of the molecule is CCCC1CCN(S(=O)(=O)c2ccc3c(c2)CCN3)CC1. The van der Waals surface area contributed by atoms with Gasteiger partial charge in [0.1, 0.15) is 0 Å². The second-order valence-electron chi connectivity index (χ2n) is 6.13. The van der Waals surface area contributed by atoms with E-state index in [1.165, 1.54) is 12.8 Å². The zero-order valence-electron chi connectivity index (χ0n) is 12.6. The fourth-order valence-corrected chi connectivity index (χ4v) is 4.96. The van der Waals surface area contributed by atoms with E-state index in [0.717, 1.165) is 37.1 Å². The molecule has 0 spiro atoms. The lowest BCUT2D eigenvalue weighted by Crippen LogP contribution is -2.38. The summed E-state index contributed by atoms with van der Waals surface area (Å²) in [6, 6.07) is 5.49. The molecule has 1 aromatic carbocycles. The highest BCUT2D eigenvalue weighted by atomic mass is 32.2. The van der Waals surface area contributed by atoms with Gasteiger partial charge in [-0.2, -0.15) is 4.31 Å². The van der Waals surface area contributed by atoms with Gasteiger partial charge in [0.2, 0.25) is 10.0 Å². The molecule has 0 amide bonds. The number of fused-ring (bicyclic) bond motifs is 1. The quantitative estimate of drug-likeness (QED) is 0.930. The Bertz CT molecular complexity index is 605. The number of hydrogen-bond acceptors (Lipinski definition) is 3. The van der Waals surface area contributed by atoms with Gasteiger partial charge in [-0.3, -0.25) is 0 Å². The van der Waals surface area contributed by atoms with Gasteiger partial charge in [-0.1, -0.05) is 19.8 Å². The second kappa shape index (κ2) is 5.97. The Morgan fingerprint density at radius 3 is 2.76 bits per heavy atom. The van der Waals surface area contributed by atoms with Crippen LogP contribution in [0.5, 0.6) is 0 Å². The number of hydrogen-bond donors (Lipinski definition) is 1. The summed E-state index contributed by atoms with van der Waals surface area (Å²) < 4.78 is 27.2. The first kappa shape index (κ1) is 14.9. The Kier molecular flexibility index (Phi) is 4.22. The first-order chi connectivity index (χ1) is 10.1. The van der Waals surface area contributed by atoms with Crippen LogP contribution >= 0.6 is 0 Å². The molecule has 0 bridgehead atoms. The number of benzene rings is 1. The molecule has 0 radical (unpaired) electrons. The monoisotopic (exact) mass is 308 g/mol. The molecule has 21 heavy (non-hydrogen) atoms. The number of anilines is 1. The fourth-order valence-electron chi connectivity index (χ4n) is 3.44. The maximum atomic E-state index is 12.8. The van der Waals surface area contributed by atoms with Crippen LogP contribution in [0.25, 0.3) is 0 Å². The summed E-state index contributed by atoms with van der Waals surface area (Å²) in [6.45, 7) is 4.44. The van der Waals surface area contributed by atoms with Crippen molar-refractivity contribution in [2.24, 2.45) is 5.92 Å². The molecule has 3 rings (SSSR count). The number of nitrogens with zero attached hydrogens (tertiary/aromatic N) is 1. The van der Waals surface area contributed by atoms with E-state index in [4.69, 9.17) is 0 Å². The van der Waals surface area contributed by atoms with Crippen molar-refractivity contribution in [1.82, 2.24) is 4.31 Å². The summed E-state index contributed by atoms with van der Waals surface area (Å²) in [5.74, 6) is 0.700. The summed E-state index contributed by atoms with van der Waals surface area (Å²) in [5.41, 5.74) is 2.20. The Balaban J connectivity index is 1.75. The van der Waals surface area contributed by atoms with Gasteiger partial charge in [0.25, 0.3) is 0 Å². The Labute approximate surface area is 127 Å². The molecule has 0 aliphatic carbocycles. The van der Waals surface area contributed by atoms with Gasteiger partial charge in [-0.15, -0.1) is 0 Å². The molecule has 1 saturated heterocycles. The highest BCUT2D eigenvalue weighted by Crippen LogP contribution is 2.29. The lowest BCUT2D eigenvalue weighted by molar-refractivity contribution is 0.262. The predicted molar refractivity (Wildman–Crippen MR) is 85.0 cm³/mol. The van der Waals surface area contributed by atoms with Crippen LogP contribution in [-0.2, 0) is 16.4 Å². The third-order valence-electron chi connectivity index (χ3n) is 4.69. The molecule has 0 saturated carbocycles. The van der Waals surface area contributed by atoms with Crippen LogP contribution in [-0.4, -0.2) is 32.4 Å². The van der Waals surface area contributed by atoms with E-state index in [-0.39, 0.29) is 0 Å². The largest absolute Gasteiger partial charge is 0.384 e. The minimum absolute atomic E-state index is 0.457. The van der Waals surface area contributed by atoms with Crippen LogP contribution in [0.2, 0.25) is 0 Å². The highest BCUT2D eigenvalue weighted by Gasteiger charge is 2.29. The van der Waals surface area contributed by atoms with Crippen molar-refractivity contribution in [2.75, 3.05) is 25.0 Å². The van der Waals surface area contributed by atoms with Crippen molar-refractivity contribution in [1.29, 1.82) is 0 Å². The average Bonchev–Trinajstić information content (AvgIpc) is 2.95. The van der Waals surface area contributed by atoms with Crippen molar-refractivity contribution in [3.8, 4) is 0 Å². The van der Waals surface area contributed by atoms with E-state index >= 15 is 0 Å². The maximum absolute atomic E-state index is 12.8. The van der Waals surface area contributed by atoms with Crippen molar-refractivity contribution in [3.05, 3.63) is 23.8 Å². The molecule has 2 aliphatic rings. The summed E-state index contributed by atoms with van der Waals surface area (Å²) in [4.78, 5) is 0.457. The summed E-state index contributed by atoms with van der Waals surface area (Å²) >= 11 is 0. The molecule has 2 aliphatic heterocycles. The number of rotatable bonds is 4. The molecule has 2 heterocycles. The minimum Gasteiger partial charge on any atom is -0.384 e. The van der Waals surface area contributed by atoms with Crippen LogP contribution < -0.4 is 5.32 Å². The third-order valence-corrected chi connectivity index (χ3v) is 6.59. The van der Waals surface area contributed by atoms with E-state index in [9.17, 15) is 8.42 Å². The summed E-state index contributed by atoms with van der Waals surface area (Å²) in [5, 5.41) is 3.27. The van der Waals surface area contributed by atoms with E-state index in [2.05, 4.69) is 12.2 Å². The summed E-state index contributed by atoms with van der Waals surface area (Å²) in [6.07, 6.45) is 5.32. The van der Waals surface area contributed by atoms with Gasteiger partial charge < -0.3 is 5.32 Å². The summed E-state index contributed by atoms with van der Waals surface area (Å²) in [7, 11) is -3.32. The molecule has 0 atom stereocenters. The fraction of sp³-hybridized carbons (Fsp3) is 0.625. The number of sulfonamides is 1. The predicted octanol–water partition coefficient (Wildman–Crippen LogP) is 2.86. The van der Waals surface area contributed by atoms with Gasteiger partial charge in [0, 0.05) is 25.3 Å². The number of piperidine rings is 1. The normalized spacial score (nSPS) is 20.2. The van der Waals surface area contributed by atoms with E-state index in [1.54, 1.807) is 10.4 Å². The van der Waals surface area contributed by atoms with Crippen molar-refractivity contribution < 1.29 is 8.42 Å². The standard InChI is InChI=1S/C16H24N2O2S/c1-2-3-13-7-10-18(11-8-13)21(19,20)15-4-5-16-14(12-15)6-9-17-16/h4-5,12-13,17H,2-3,6-11H2,1H3. The van der Waals surface area contributed by atoms with E-state index in [1.807, 2.05) is 12.1 Å². The molecule has 0 unspecified atom stereocenters. The molecule has 1 fully saturated rings. The van der Waals surface area contributed by atoms with Gasteiger partial charge in [0.15, 0.2) is 0 Å². The molecule has 116 valence electrons. The van der Waals surface area contributed by atoms with Crippen molar-refractivity contribution in [3.63, 3.8) is 0 Å². The third kappa shape index (κ3) is 2.94. The zero-order chi connectivity index (χ0) is 14.9.